The molecule has 2 unspecified atom stereocenters. The Hall–Kier alpha value is -1.37. The lowest BCUT2D eigenvalue weighted by atomic mass is 10.00. The molecule has 3 heterocycles. The average Bonchev–Trinajstić information content (AvgIpc) is 3.07. The topological polar surface area (TPSA) is 57.8 Å². The third-order valence-corrected chi connectivity index (χ3v) is 4.39. The van der Waals surface area contributed by atoms with E-state index in [0.29, 0.717) is 31.9 Å². The van der Waals surface area contributed by atoms with Gasteiger partial charge in [-0.3, -0.25) is 4.79 Å². The van der Waals surface area contributed by atoms with Crippen LogP contribution in [-0.4, -0.2) is 79.3 Å². The van der Waals surface area contributed by atoms with E-state index in [1.165, 1.54) is 0 Å². The first kappa shape index (κ1) is 15.5. The van der Waals surface area contributed by atoms with Crippen LogP contribution in [0.15, 0.2) is 18.5 Å². The van der Waals surface area contributed by atoms with Crippen molar-refractivity contribution in [2.75, 3.05) is 46.9 Å². The molecule has 0 aliphatic carbocycles. The van der Waals surface area contributed by atoms with Gasteiger partial charge < -0.3 is 24.3 Å². The van der Waals surface area contributed by atoms with Crippen LogP contribution in [0.3, 0.4) is 0 Å². The molecular weight excluding hydrogens is 282 g/mol. The summed E-state index contributed by atoms with van der Waals surface area (Å²) in [5, 5.41) is 0. The third-order valence-electron chi connectivity index (χ3n) is 4.39. The SMILES string of the molecule is CN(C)CC1CCC2(COCCN(C(=O)c3cc[nH]c3)C2)O1. The van der Waals surface area contributed by atoms with Gasteiger partial charge in [-0.25, -0.2) is 0 Å². The molecule has 1 spiro atoms. The second kappa shape index (κ2) is 6.40. The van der Waals surface area contributed by atoms with Crippen LogP contribution in [0.25, 0.3) is 0 Å². The number of H-pyrrole nitrogens is 1. The predicted molar refractivity (Wildman–Crippen MR) is 82.9 cm³/mol. The zero-order valence-electron chi connectivity index (χ0n) is 13.4. The van der Waals surface area contributed by atoms with E-state index in [1.54, 1.807) is 12.4 Å². The van der Waals surface area contributed by atoms with E-state index in [-0.39, 0.29) is 17.6 Å². The number of hydrogen-bond donors (Lipinski definition) is 1. The molecule has 2 atom stereocenters. The highest BCUT2D eigenvalue weighted by molar-refractivity contribution is 5.94. The molecule has 0 radical (unpaired) electrons. The van der Waals surface area contributed by atoms with Crippen LogP contribution in [0.2, 0.25) is 0 Å². The molecule has 2 saturated heterocycles. The summed E-state index contributed by atoms with van der Waals surface area (Å²) < 4.78 is 12.1. The van der Waals surface area contributed by atoms with Gasteiger partial charge in [0.1, 0.15) is 5.60 Å². The maximum atomic E-state index is 12.6. The van der Waals surface area contributed by atoms with E-state index in [0.717, 1.165) is 19.4 Å². The summed E-state index contributed by atoms with van der Waals surface area (Å²) in [5.41, 5.74) is 0.350. The van der Waals surface area contributed by atoms with Gasteiger partial charge in [-0.1, -0.05) is 0 Å². The summed E-state index contributed by atoms with van der Waals surface area (Å²) in [6, 6.07) is 1.81. The average molecular weight is 307 g/mol. The molecule has 0 bridgehead atoms. The smallest absolute Gasteiger partial charge is 0.255 e. The van der Waals surface area contributed by atoms with Crippen molar-refractivity contribution in [1.82, 2.24) is 14.8 Å². The van der Waals surface area contributed by atoms with Gasteiger partial charge in [-0.2, -0.15) is 0 Å². The Kier molecular flexibility index (Phi) is 4.52. The first-order valence-electron chi connectivity index (χ1n) is 7.90. The Morgan fingerprint density at radius 1 is 1.55 bits per heavy atom. The molecule has 0 aromatic carbocycles. The summed E-state index contributed by atoms with van der Waals surface area (Å²) in [4.78, 5) is 19.6. The Morgan fingerprint density at radius 3 is 3.14 bits per heavy atom. The molecule has 1 amide bonds. The van der Waals surface area contributed by atoms with Crippen LogP contribution in [-0.2, 0) is 9.47 Å². The van der Waals surface area contributed by atoms with Gasteiger partial charge in [-0.15, -0.1) is 0 Å². The summed E-state index contributed by atoms with van der Waals surface area (Å²) in [6.45, 7) is 3.29. The molecule has 22 heavy (non-hydrogen) atoms. The van der Waals surface area contributed by atoms with Crippen molar-refractivity contribution in [3.8, 4) is 0 Å². The maximum absolute atomic E-state index is 12.6. The highest BCUT2D eigenvalue weighted by atomic mass is 16.6. The van der Waals surface area contributed by atoms with Crippen molar-refractivity contribution < 1.29 is 14.3 Å². The number of nitrogens with one attached hydrogen (secondary N) is 1. The van der Waals surface area contributed by atoms with Crippen LogP contribution < -0.4 is 0 Å². The molecule has 1 aromatic rings. The number of aromatic nitrogens is 1. The van der Waals surface area contributed by atoms with E-state index >= 15 is 0 Å². The first-order chi connectivity index (χ1) is 10.6. The number of carbonyl (C=O) groups is 1. The summed E-state index contributed by atoms with van der Waals surface area (Å²) in [6.07, 6.45) is 5.71. The Labute approximate surface area is 131 Å². The fraction of sp³-hybridized carbons (Fsp3) is 0.688. The summed E-state index contributed by atoms with van der Waals surface area (Å²) in [5.74, 6) is 0.0470. The monoisotopic (exact) mass is 307 g/mol. The van der Waals surface area contributed by atoms with E-state index < -0.39 is 0 Å². The third kappa shape index (κ3) is 3.34. The van der Waals surface area contributed by atoms with Gasteiger partial charge >= 0.3 is 0 Å². The highest BCUT2D eigenvalue weighted by Crippen LogP contribution is 2.33. The Morgan fingerprint density at radius 2 is 2.41 bits per heavy atom. The lowest BCUT2D eigenvalue weighted by Crippen LogP contribution is -2.47. The van der Waals surface area contributed by atoms with Crippen LogP contribution in [0.5, 0.6) is 0 Å². The van der Waals surface area contributed by atoms with Crippen molar-refractivity contribution >= 4 is 5.91 Å². The minimum absolute atomic E-state index is 0.0470. The van der Waals surface area contributed by atoms with Gasteiger partial charge in [-0.05, 0) is 33.0 Å². The van der Waals surface area contributed by atoms with E-state index in [1.807, 2.05) is 11.0 Å². The summed E-state index contributed by atoms with van der Waals surface area (Å²) in [7, 11) is 4.11. The van der Waals surface area contributed by atoms with Crippen LogP contribution in [0.1, 0.15) is 23.2 Å². The van der Waals surface area contributed by atoms with Crippen molar-refractivity contribution in [1.29, 1.82) is 0 Å². The van der Waals surface area contributed by atoms with Crippen molar-refractivity contribution in [2.24, 2.45) is 0 Å². The molecule has 6 nitrogen and oxygen atoms in total. The minimum atomic E-state index is -0.344. The van der Waals surface area contributed by atoms with Crippen molar-refractivity contribution in [3.05, 3.63) is 24.0 Å². The molecule has 0 saturated carbocycles. The minimum Gasteiger partial charge on any atom is -0.377 e. The fourth-order valence-electron chi connectivity index (χ4n) is 3.37. The number of hydrogen-bond acceptors (Lipinski definition) is 4. The second-order valence-corrected chi connectivity index (χ2v) is 6.60. The zero-order chi connectivity index (χ0) is 15.6. The largest absolute Gasteiger partial charge is 0.377 e. The molecule has 2 aliphatic rings. The molecule has 2 aliphatic heterocycles. The van der Waals surface area contributed by atoms with Gasteiger partial charge in [0.05, 0.1) is 31.4 Å². The lowest BCUT2D eigenvalue weighted by molar-refractivity contribution is -0.0878. The second-order valence-electron chi connectivity index (χ2n) is 6.60. The lowest BCUT2D eigenvalue weighted by Gasteiger charge is -2.32. The van der Waals surface area contributed by atoms with Crippen molar-refractivity contribution in [3.63, 3.8) is 0 Å². The number of amides is 1. The number of carbonyl (C=O) groups excluding carboxylic acids is 1. The van der Waals surface area contributed by atoms with Gasteiger partial charge in [0.2, 0.25) is 0 Å². The molecule has 3 rings (SSSR count). The molecular formula is C16H25N3O3. The number of likely N-dealkylation sites (N-methyl/N-ethyl adjacent to an activating group) is 1. The summed E-state index contributed by atoms with van der Waals surface area (Å²) >= 11 is 0. The van der Waals surface area contributed by atoms with Gasteiger partial charge in [0, 0.05) is 25.5 Å². The number of aromatic amines is 1. The first-order valence-corrected chi connectivity index (χ1v) is 7.90. The standard InChI is InChI=1S/C16H25N3O3/c1-18(2)10-14-3-5-16(22-14)11-19(7-8-21-12-16)15(20)13-4-6-17-9-13/h4,6,9,14,17H,3,5,7-8,10-12H2,1-2H3. The van der Waals surface area contributed by atoms with Crippen LogP contribution in [0, 0.1) is 0 Å². The molecule has 6 heteroatoms. The van der Waals surface area contributed by atoms with E-state index in [9.17, 15) is 4.79 Å². The van der Waals surface area contributed by atoms with Gasteiger partial charge in [0.25, 0.3) is 5.91 Å². The number of nitrogens with zero attached hydrogens (tertiary/aromatic N) is 2. The molecule has 122 valence electrons. The van der Waals surface area contributed by atoms with E-state index in [2.05, 4.69) is 24.0 Å². The van der Waals surface area contributed by atoms with Gasteiger partial charge in [0.15, 0.2) is 0 Å². The molecule has 1 aromatic heterocycles. The Bertz CT molecular complexity index is 503. The fourth-order valence-corrected chi connectivity index (χ4v) is 3.37. The van der Waals surface area contributed by atoms with Crippen LogP contribution >= 0.6 is 0 Å². The number of ether oxygens (including phenoxy) is 2. The molecule has 2 fully saturated rings. The quantitative estimate of drug-likeness (QED) is 0.904. The van der Waals surface area contributed by atoms with E-state index in [4.69, 9.17) is 9.47 Å². The van der Waals surface area contributed by atoms with Crippen molar-refractivity contribution in [2.45, 2.75) is 24.5 Å². The maximum Gasteiger partial charge on any atom is 0.255 e. The molecule has 1 N–H and O–H groups in total. The highest BCUT2D eigenvalue weighted by Gasteiger charge is 2.44. The Balaban J connectivity index is 1.69. The predicted octanol–water partition coefficient (Wildman–Crippen LogP) is 0.967. The zero-order valence-corrected chi connectivity index (χ0v) is 13.4. The number of rotatable bonds is 3. The normalized spacial score (nSPS) is 29.2. The van der Waals surface area contributed by atoms with Crippen LogP contribution in [0.4, 0.5) is 0 Å².